The smallest absolute Gasteiger partial charge is 0.410 e. The predicted octanol–water partition coefficient (Wildman–Crippen LogP) is 9.93. The minimum absolute atomic E-state index is 0.00297. The molecule has 1 fully saturated rings. The van der Waals surface area contributed by atoms with Gasteiger partial charge < -0.3 is 28.9 Å². The zero-order valence-electron chi connectivity index (χ0n) is 33.3. The van der Waals surface area contributed by atoms with E-state index in [4.69, 9.17) is 18.6 Å². The molecule has 0 radical (unpaired) electrons. The van der Waals surface area contributed by atoms with Gasteiger partial charge in [-0.05, 0) is 95.1 Å². The first kappa shape index (κ1) is 41.1. The number of alkyl carbamates (subject to hydrolysis) is 1. The molecule has 284 valence electrons. The summed E-state index contributed by atoms with van der Waals surface area (Å²) in [5.41, 5.74) is 0.802. The average Bonchev–Trinajstić information content (AvgIpc) is 3.47. The van der Waals surface area contributed by atoms with Gasteiger partial charge in [-0.15, -0.1) is 0 Å². The summed E-state index contributed by atoms with van der Waals surface area (Å²) in [4.78, 5) is 28.8. The topological polar surface area (TPSA) is 86.3 Å². The van der Waals surface area contributed by atoms with Crippen LogP contribution in [0.4, 0.5) is 9.59 Å². The number of nitrogens with zero attached hydrogens (tertiary/aromatic N) is 1. The first-order valence-electron chi connectivity index (χ1n) is 18.7. The summed E-state index contributed by atoms with van der Waals surface area (Å²) in [5.74, 6) is -0.201. The summed E-state index contributed by atoms with van der Waals surface area (Å²) >= 11 is 0. The molecular formula is C43H62N2O6Si. The number of rotatable bonds is 12. The van der Waals surface area contributed by atoms with Crippen molar-refractivity contribution in [1.29, 1.82) is 0 Å². The fraction of sp³-hybridized carbons (Fsp3) is 0.535. The second kappa shape index (κ2) is 16.6. The second-order valence-corrected chi connectivity index (χ2v) is 22.3. The molecule has 2 amide bonds. The van der Waals surface area contributed by atoms with Crippen LogP contribution in [0.2, 0.25) is 18.1 Å². The van der Waals surface area contributed by atoms with Gasteiger partial charge in [0.2, 0.25) is 0 Å². The van der Waals surface area contributed by atoms with E-state index in [2.05, 4.69) is 75.6 Å². The van der Waals surface area contributed by atoms with E-state index in [9.17, 15) is 9.59 Å². The van der Waals surface area contributed by atoms with E-state index in [0.29, 0.717) is 26.0 Å². The Morgan fingerprint density at radius 1 is 0.750 bits per heavy atom. The van der Waals surface area contributed by atoms with Crippen molar-refractivity contribution in [3.63, 3.8) is 0 Å². The van der Waals surface area contributed by atoms with Crippen LogP contribution in [0.15, 0.2) is 91.0 Å². The molecule has 1 aliphatic heterocycles. The van der Waals surface area contributed by atoms with Crippen LogP contribution < -0.4 is 5.32 Å². The monoisotopic (exact) mass is 730 g/mol. The van der Waals surface area contributed by atoms with E-state index in [0.717, 1.165) is 16.7 Å². The number of carbonyl (C=O) groups is 2. The molecule has 0 spiro atoms. The van der Waals surface area contributed by atoms with Crippen molar-refractivity contribution in [2.24, 2.45) is 5.92 Å². The average molecular weight is 731 g/mol. The van der Waals surface area contributed by atoms with Crippen LogP contribution in [0.1, 0.15) is 91.8 Å². The van der Waals surface area contributed by atoms with Gasteiger partial charge in [-0.25, -0.2) is 9.59 Å². The summed E-state index contributed by atoms with van der Waals surface area (Å²) in [5, 5.41) is 3.03. The summed E-state index contributed by atoms with van der Waals surface area (Å²) in [6.07, 6.45) is 0.116. The normalized spacial score (nSPS) is 17.8. The fourth-order valence-electron chi connectivity index (χ4n) is 6.57. The molecule has 9 heteroatoms. The molecule has 1 heterocycles. The third kappa shape index (κ3) is 10.7. The van der Waals surface area contributed by atoms with E-state index < -0.39 is 31.2 Å². The Hall–Kier alpha value is -3.66. The number of likely N-dealkylation sites (tertiary alicyclic amines) is 1. The standard InChI is InChI=1S/C43H62N2O6Si/c1-40(2,3)49-38(46)44-30-32(37-29-36(51-52(10,11)42(7,8)9)31-45(37)39(47)50-41(4,5)6)27-28-48-43(33-21-15-12-16-22-33,34-23-17-13-18-24-34)35-25-19-14-20-26-35/h12-26,32,36-37H,27-31H2,1-11H3,(H,44,46)/t32?,36-,37-/m0/s1. The highest BCUT2D eigenvalue weighted by Gasteiger charge is 2.47. The second-order valence-electron chi connectivity index (χ2n) is 17.5. The van der Waals surface area contributed by atoms with Crippen molar-refractivity contribution in [1.82, 2.24) is 10.2 Å². The minimum Gasteiger partial charge on any atom is -0.444 e. The van der Waals surface area contributed by atoms with E-state index in [1.54, 1.807) is 0 Å². The lowest BCUT2D eigenvalue weighted by Gasteiger charge is -2.38. The van der Waals surface area contributed by atoms with Gasteiger partial charge >= 0.3 is 12.2 Å². The van der Waals surface area contributed by atoms with Crippen molar-refractivity contribution in [2.75, 3.05) is 19.7 Å². The zero-order valence-corrected chi connectivity index (χ0v) is 34.3. The lowest BCUT2D eigenvalue weighted by molar-refractivity contribution is -0.00572. The minimum atomic E-state index is -2.16. The molecular weight excluding hydrogens is 669 g/mol. The summed E-state index contributed by atoms with van der Waals surface area (Å²) < 4.78 is 25.7. The van der Waals surface area contributed by atoms with Gasteiger partial charge in [0, 0.05) is 25.7 Å². The van der Waals surface area contributed by atoms with E-state index in [-0.39, 0.29) is 35.7 Å². The van der Waals surface area contributed by atoms with Crippen LogP contribution in [0.25, 0.3) is 0 Å². The highest BCUT2D eigenvalue weighted by Crippen LogP contribution is 2.42. The Kier molecular flexibility index (Phi) is 13.1. The molecule has 0 aromatic heterocycles. The molecule has 3 aromatic rings. The van der Waals surface area contributed by atoms with Gasteiger partial charge in [-0.3, -0.25) is 0 Å². The van der Waals surface area contributed by atoms with Gasteiger partial charge in [-0.2, -0.15) is 0 Å². The van der Waals surface area contributed by atoms with E-state index >= 15 is 0 Å². The molecule has 52 heavy (non-hydrogen) atoms. The summed E-state index contributed by atoms with van der Waals surface area (Å²) in [6.45, 7) is 23.4. The van der Waals surface area contributed by atoms with Crippen LogP contribution in [-0.2, 0) is 24.2 Å². The molecule has 1 unspecified atom stereocenters. The SMILES string of the molecule is CC(C)(C)OC(=O)NCC(CCOC(c1ccccc1)(c1ccccc1)c1ccccc1)[C@@H]1C[C@H](O[Si](C)(C)C(C)(C)C)CN1C(=O)OC(C)(C)C. The molecule has 1 aliphatic rings. The molecule has 4 rings (SSSR count). The van der Waals surface area contributed by atoms with Gasteiger partial charge in [-0.1, -0.05) is 112 Å². The largest absolute Gasteiger partial charge is 0.444 e. The highest BCUT2D eigenvalue weighted by molar-refractivity contribution is 6.74. The van der Waals surface area contributed by atoms with Gasteiger partial charge in [0.1, 0.15) is 16.8 Å². The third-order valence-corrected chi connectivity index (χ3v) is 14.5. The molecule has 3 aromatic carbocycles. The maximum absolute atomic E-state index is 13.9. The van der Waals surface area contributed by atoms with Gasteiger partial charge in [0.25, 0.3) is 0 Å². The lowest BCUT2D eigenvalue weighted by atomic mass is 9.80. The van der Waals surface area contributed by atoms with Crippen molar-refractivity contribution in [3.8, 4) is 0 Å². The predicted molar refractivity (Wildman–Crippen MR) is 211 cm³/mol. The van der Waals surface area contributed by atoms with Crippen molar-refractivity contribution >= 4 is 20.5 Å². The summed E-state index contributed by atoms with van der Waals surface area (Å²) in [6, 6.07) is 30.6. The van der Waals surface area contributed by atoms with Crippen LogP contribution in [-0.4, -0.2) is 68.4 Å². The first-order valence-corrected chi connectivity index (χ1v) is 21.6. The van der Waals surface area contributed by atoms with Crippen LogP contribution in [0.5, 0.6) is 0 Å². The lowest BCUT2D eigenvalue weighted by Crippen LogP contribution is -2.47. The molecule has 0 aliphatic carbocycles. The van der Waals surface area contributed by atoms with Gasteiger partial charge in [0.15, 0.2) is 8.32 Å². The summed E-state index contributed by atoms with van der Waals surface area (Å²) in [7, 11) is -2.16. The molecule has 0 bridgehead atoms. The number of hydrogen-bond donors (Lipinski definition) is 1. The van der Waals surface area contributed by atoms with Crippen molar-refractivity contribution in [2.45, 2.75) is 122 Å². The maximum atomic E-state index is 13.9. The zero-order chi connectivity index (χ0) is 38.4. The van der Waals surface area contributed by atoms with E-state index in [1.807, 2.05) is 101 Å². The Morgan fingerprint density at radius 2 is 1.21 bits per heavy atom. The molecule has 1 N–H and O–H groups in total. The quantitative estimate of drug-likeness (QED) is 0.148. The Morgan fingerprint density at radius 3 is 1.63 bits per heavy atom. The highest BCUT2D eigenvalue weighted by atomic mass is 28.4. The number of nitrogens with one attached hydrogen (secondary N) is 1. The van der Waals surface area contributed by atoms with Crippen LogP contribution in [0.3, 0.4) is 0 Å². The van der Waals surface area contributed by atoms with Crippen LogP contribution in [0, 0.1) is 5.92 Å². The third-order valence-electron chi connectivity index (χ3n) is 10.0. The maximum Gasteiger partial charge on any atom is 0.410 e. The number of hydrogen-bond acceptors (Lipinski definition) is 6. The Labute approximate surface area is 313 Å². The number of ether oxygens (including phenoxy) is 3. The van der Waals surface area contributed by atoms with Crippen LogP contribution >= 0.6 is 0 Å². The molecule has 1 saturated heterocycles. The Bertz CT molecular complexity index is 1480. The number of benzene rings is 3. The van der Waals surface area contributed by atoms with Crippen molar-refractivity contribution < 1.29 is 28.2 Å². The Balaban J connectivity index is 1.72. The first-order chi connectivity index (χ1) is 24.2. The number of amides is 2. The fourth-order valence-corrected chi connectivity index (χ4v) is 7.93. The molecule has 8 nitrogen and oxygen atoms in total. The number of carbonyl (C=O) groups excluding carboxylic acids is 2. The van der Waals surface area contributed by atoms with E-state index in [1.165, 1.54) is 0 Å². The van der Waals surface area contributed by atoms with Gasteiger partial charge in [0.05, 0.1) is 6.10 Å². The van der Waals surface area contributed by atoms with Crippen molar-refractivity contribution in [3.05, 3.63) is 108 Å². The molecule has 0 saturated carbocycles. The molecule has 3 atom stereocenters.